The first-order chi connectivity index (χ1) is 9.00. The van der Waals surface area contributed by atoms with Crippen molar-refractivity contribution in [3.05, 3.63) is 35.4 Å². The third-order valence-corrected chi connectivity index (χ3v) is 3.22. The van der Waals surface area contributed by atoms with Gasteiger partial charge in [0.25, 0.3) is 0 Å². The second-order valence-corrected chi connectivity index (χ2v) is 4.48. The molecule has 1 fully saturated rings. The summed E-state index contributed by atoms with van der Waals surface area (Å²) < 4.78 is 26.4. The van der Waals surface area contributed by atoms with Gasteiger partial charge in [-0.05, 0) is 12.5 Å². The summed E-state index contributed by atoms with van der Waals surface area (Å²) in [6.07, 6.45) is 0.643. The number of nitrogens with one attached hydrogen (secondary N) is 1. The van der Waals surface area contributed by atoms with Gasteiger partial charge in [-0.25, -0.2) is 8.78 Å². The molecule has 19 heavy (non-hydrogen) atoms. The molecule has 1 aliphatic rings. The van der Waals surface area contributed by atoms with Gasteiger partial charge in [-0.15, -0.1) is 0 Å². The molecular weight excluding hydrogens is 254 g/mol. The van der Waals surface area contributed by atoms with Crippen molar-refractivity contribution in [1.82, 2.24) is 10.2 Å². The fraction of sp³-hybridized carbons (Fsp3) is 0.385. The standard InChI is InChI=1S/C13H14F2N2O2/c1-17-11(18)6-5-10(13(17)19)16-7-8-3-2-4-9(14)12(8)15/h2-4,10,16H,5-7H2,1H3. The minimum Gasteiger partial charge on any atom is -0.302 e. The number of halogens is 2. The molecule has 1 N–H and O–H groups in total. The minimum absolute atomic E-state index is 0.0437. The number of carbonyl (C=O) groups is 2. The summed E-state index contributed by atoms with van der Waals surface area (Å²) in [5, 5.41) is 2.86. The largest absolute Gasteiger partial charge is 0.302 e. The van der Waals surface area contributed by atoms with E-state index in [0.717, 1.165) is 11.0 Å². The molecule has 1 saturated heterocycles. The molecule has 0 bridgehead atoms. The lowest BCUT2D eigenvalue weighted by Gasteiger charge is -2.28. The van der Waals surface area contributed by atoms with Crippen molar-refractivity contribution in [3.8, 4) is 0 Å². The first kappa shape index (κ1) is 13.6. The van der Waals surface area contributed by atoms with E-state index in [1.807, 2.05) is 0 Å². The summed E-state index contributed by atoms with van der Waals surface area (Å²) in [4.78, 5) is 24.1. The Labute approximate surface area is 109 Å². The van der Waals surface area contributed by atoms with Crippen LogP contribution in [0.5, 0.6) is 0 Å². The summed E-state index contributed by atoms with van der Waals surface area (Å²) in [6, 6.07) is 3.36. The van der Waals surface area contributed by atoms with Crippen molar-refractivity contribution in [2.45, 2.75) is 25.4 Å². The molecule has 1 aromatic rings. The van der Waals surface area contributed by atoms with Crippen LogP contribution in [0.25, 0.3) is 0 Å². The zero-order chi connectivity index (χ0) is 14.0. The molecule has 102 valence electrons. The maximum absolute atomic E-state index is 13.4. The van der Waals surface area contributed by atoms with Gasteiger partial charge in [0, 0.05) is 25.6 Å². The van der Waals surface area contributed by atoms with Crippen molar-refractivity contribution < 1.29 is 18.4 Å². The first-order valence-corrected chi connectivity index (χ1v) is 5.97. The molecule has 4 nitrogen and oxygen atoms in total. The Hall–Kier alpha value is -1.82. The summed E-state index contributed by atoms with van der Waals surface area (Å²) in [5.41, 5.74) is 0.160. The van der Waals surface area contributed by atoms with E-state index in [9.17, 15) is 18.4 Å². The summed E-state index contributed by atoms with van der Waals surface area (Å²) in [6.45, 7) is 0.0437. The first-order valence-electron chi connectivity index (χ1n) is 5.97. The van der Waals surface area contributed by atoms with Crippen LogP contribution in [0.4, 0.5) is 8.78 Å². The van der Waals surface area contributed by atoms with Crippen LogP contribution in [0.1, 0.15) is 18.4 Å². The van der Waals surface area contributed by atoms with Crippen LogP contribution in [-0.2, 0) is 16.1 Å². The molecule has 0 aliphatic carbocycles. The summed E-state index contributed by atoms with van der Waals surface area (Å²) in [7, 11) is 1.42. The fourth-order valence-corrected chi connectivity index (χ4v) is 2.02. The van der Waals surface area contributed by atoms with Crippen molar-refractivity contribution in [3.63, 3.8) is 0 Å². The smallest absolute Gasteiger partial charge is 0.246 e. The third-order valence-electron chi connectivity index (χ3n) is 3.22. The highest BCUT2D eigenvalue weighted by Gasteiger charge is 2.31. The molecule has 0 saturated carbocycles. The number of likely N-dealkylation sites (N-methyl/N-ethyl adjacent to an activating group) is 1. The maximum atomic E-state index is 13.4. The average molecular weight is 268 g/mol. The van der Waals surface area contributed by atoms with E-state index in [1.54, 1.807) is 0 Å². The molecule has 2 rings (SSSR count). The molecule has 1 unspecified atom stereocenters. The molecule has 6 heteroatoms. The predicted octanol–water partition coefficient (Wildman–Crippen LogP) is 1.20. The number of hydrogen-bond donors (Lipinski definition) is 1. The van der Waals surface area contributed by atoms with Gasteiger partial charge in [0.1, 0.15) is 0 Å². The minimum atomic E-state index is -0.915. The Morgan fingerprint density at radius 2 is 2.11 bits per heavy atom. The Morgan fingerprint density at radius 1 is 1.37 bits per heavy atom. The predicted molar refractivity (Wildman–Crippen MR) is 64.0 cm³/mol. The number of rotatable bonds is 3. The number of nitrogens with zero attached hydrogens (tertiary/aromatic N) is 1. The molecule has 0 aromatic heterocycles. The van der Waals surface area contributed by atoms with Crippen molar-refractivity contribution in [2.24, 2.45) is 0 Å². The third kappa shape index (κ3) is 2.78. The highest BCUT2D eigenvalue weighted by atomic mass is 19.2. The SMILES string of the molecule is CN1C(=O)CCC(NCc2cccc(F)c2F)C1=O. The molecule has 1 aromatic carbocycles. The van der Waals surface area contributed by atoms with E-state index >= 15 is 0 Å². The van der Waals surface area contributed by atoms with E-state index in [0.29, 0.717) is 6.42 Å². The normalized spacial score (nSPS) is 19.9. The van der Waals surface area contributed by atoms with Crippen LogP contribution >= 0.6 is 0 Å². The summed E-state index contributed by atoms with van der Waals surface area (Å²) in [5.74, 6) is -2.39. The van der Waals surface area contributed by atoms with Gasteiger partial charge in [0.2, 0.25) is 11.8 Å². The van der Waals surface area contributed by atoms with Gasteiger partial charge in [0.05, 0.1) is 6.04 Å². The topological polar surface area (TPSA) is 49.4 Å². The van der Waals surface area contributed by atoms with Gasteiger partial charge in [-0.2, -0.15) is 0 Å². The van der Waals surface area contributed by atoms with E-state index in [2.05, 4.69) is 5.32 Å². The monoisotopic (exact) mass is 268 g/mol. The highest BCUT2D eigenvalue weighted by molar-refractivity contribution is 6.00. The van der Waals surface area contributed by atoms with Crippen LogP contribution in [-0.4, -0.2) is 29.8 Å². The van der Waals surface area contributed by atoms with Crippen LogP contribution in [0.2, 0.25) is 0 Å². The van der Waals surface area contributed by atoms with Gasteiger partial charge in [-0.3, -0.25) is 14.5 Å². The molecule has 0 spiro atoms. The molecule has 1 aliphatic heterocycles. The van der Waals surface area contributed by atoms with E-state index in [4.69, 9.17) is 0 Å². The number of piperidine rings is 1. The quantitative estimate of drug-likeness (QED) is 0.838. The lowest BCUT2D eigenvalue weighted by Crippen LogP contribution is -2.51. The van der Waals surface area contributed by atoms with Gasteiger partial charge in [0.15, 0.2) is 11.6 Å². The van der Waals surface area contributed by atoms with Crippen LogP contribution in [0.3, 0.4) is 0 Å². The van der Waals surface area contributed by atoms with Gasteiger partial charge in [-0.1, -0.05) is 12.1 Å². The fourth-order valence-electron chi connectivity index (χ4n) is 2.02. The van der Waals surface area contributed by atoms with Gasteiger partial charge >= 0.3 is 0 Å². The van der Waals surface area contributed by atoms with Crippen molar-refractivity contribution in [2.75, 3.05) is 7.05 Å². The van der Waals surface area contributed by atoms with Gasteiger partial charge < -0.3 is 5.32 Å². The average Bonchev–Trinajstić information content (AvgIpc) is 2.40. The Balaban J connectivity index is 2.01. The number of benzene rings is 1. The lowest BCUT2D eigenvalue weighted by atomic mass is 10.0. The van der Waals surface area contributed by atoms with Crippen molar-refractivity contribution in [1.29, 1.82) is 0 Å². The van der Waals surface area contributed by atoms with Crippen LogP contribution in [0, 0.1) is 11.6 Å². The number of imide groups is 1. The Bertz CT molecular complexity index is 519. The van der Waals surface area contributed by atoms with E-state index in [1.165, 1.54) is 19.2 Å². The molecular formula is C13H14F2N2O2. The number of hydrogen-bond acceptors (Lipinski definition) is 3. The number of carbonyl (C=O) groups excluding carboxylic acids is 2. The lowest BCUT2D eigenvalue weighted by molar-refractivity contribution is -0.148. The zero-order valence-corrected chi connectivity index (χ0v) is 10.5. The second-order valence-electron chi connectivity index (χ2n) is 4.48. The summed E-state index contributed by atoms with van der Waals surface area (Å²) >= 11 is 0. The van der Waals surface area contributed by atoms with Crippen LogP contribution in [0.15, 0.2) is 18.2 Å². The van der Waals surface area contributed by atoms with Crippen LogP contribution < -0.4 is 5.32 Å². The zero-order valence-electron chi connectivity index (χ0n) is 10.5. The number of likely N-dealkylation sites (tertiary alicyclic amines) is 1. The van der Waals surface area contributed by atoms with E-state index in [-0.39, 0.29) is 30.3 Å². The second kappa shape index (κ2) is 5.44. The molecule has 0 radical (unpaired) electrons. The number of amides is 2. The Morgan fingerprint density at radius 3 is 2.84 bits per heavy atom. The Kier molecular flexibility index (Phi) is 3.90. The molecule has 2 amide bonds. The molecule has 1 atom stereocenters. The maximum Gasteiger partial charge on any atom is 0.246 e. The molecule has 1 heterocycles. The highest BCUT2D eigenvalue weighted by Crippen LogP contribution is 2.14. The van der Waals surface area contributed by atoms with Crippen molar-refractivity contribution >= 4 is 11.8 Å². The van der Waals surface area contributed by atoms with E-state index < -0.39 is 17.7 Å².